The highest BCUT2D eigenvalue weighted by Gasteiger charge is 2.20. The van der Waals surface area contributed by atoms with Crippen molar-refractivity contribution in [1.82, 2.24) is 5.32 Å². The largest absolute Gasteiger partial charge is 0.478 e. The first-order valence-corrected chi connectivity index (χ1v) is 8.55. The average molecular weight is 344 g/mol. The topological polar surface area (TPSA) is 99.0 Å². The Balaban J connectivity index is 0.000000242. The molecule has 25 heavy (non-hydrogen) atoms. The van der Waals surface area contributed by atoms with E-state index in [1.807, 2.05) is 0 Å². The predicted molar refractivity (Wildman–Crippen MR) is 96.1 cm³/mol. The van der Waals surface area contributed by atoms with Crippen molar-refractivity contribution in [2.75, 3.05) is 13.1 Å². The highest BCUT2D eigenvalue weighted by atomic mass is 16.4. The van der Waals surface area contributed by atoms with E-state index in [0.717, 1.165) is 19.5 Å². The Hall–Kier alpha value is -2.63. The molecule has 0 fully saturated rings. The predicted octanol–water partition coefficient (Wildman–Crippen LogP) is 2.60. The van der Waals surface area contributed by atoms with E-state index in [1.54, 1.807) is 11.1 Å². The Morgan fingerprint density at radius 1 is 1.16 bits per heavy atom. The van der Waals surface area contributed by atoms with Crippen LogP contribution in [-0.2, 0) is 16.0 Å². The second kappa shape index (κ2) is 9.61. The summed E-state index contributed by atoms with van der Waals surface area (Å²) in [5.41, 5.74) is 3.13. The van der Waals surface area contributed by atoms with Crippen molar-refractivity contribution >= 4 is 17.8 Å². The monoisotopic (exact) mass is 344 g/mol. The number of aliphatic imine (C=N–C) groups is 1. The number of hydrogen-bond donors (Lipinski definition) is 3. The van der Waals surface area contributed by atoms with Crippen LogP contribution in [0, 0.1) is 0 Å². The van der Waals surface area contributed by atoms with Crippen molar-refractivity contribution in [3.05, 3.63) is 47.5 Å². The molecule has 0 spiro atoms. The Labute approximate surface area is 147 Å². The van der Waals surface area contributed by atoms with Crippen molar-refractivity contribution < 1.29 is 19.8 Å². The number of hydrogen-bond acceptors (Lipinski definition) is 4. The van der Waals surface area contributed by atoms with Crippen LogP contribution in [0.5, 0.6) is 0 Å². The fourth-order valence-corrected chi connectivity index (χ4v) is 3.19. The number of benzene rings is 1. The lowest BCUT2D eigenvalue weighted by molar-refractivity contribution is -0.134. The average Bonchev–Trinajstić information content (AvgIpc) is 3.01. The third-order valence-electron chi connectivity index (χ3n) is 4.30. The Morgan fingerprint density at radius 2 is 1.88 bits per heavy atom. The van der Waals surface area contributed by atoms with Crippen molar-refractivity contribution in [1.29, 1.82) is 0 Å². The van der Waals surface area contributed by atoms with E-state index in [-0.39, 0.29) is 0 Å². The number of carboxylic acids is 2. The second-order valence-corrected chi connectivity index (χ2v) is 6.11. The molecule has 6 nitrogen and oxygen atoms in total. The molecule has 0 radical (unpaired) electrons. The molecule has 1 aliphatic carbocycles. The van der Waals surface area contributed by atoms with Crippen LogP contribution in [0.4, 0.5) is 0 Å². The van der Waals surface area contributed by atoms with Gasteiger partial charge in [-0.05, 0) is 36.3 Å². The molecule has 2 aliphatic rings. The molecule has 6 heteroatoms. The van der Waals surface area contributed by atoms with Crippen molar-refractivity contribution in [2.24, 2.45) is 4.99 Å². The third-order valence-corrected chi connectivity index (χ3v) is 4.30. The number of aryl methyl sites for hydroxylation is 1. The van der Waals surface area contributed by atoms with E-state index in [4.69, 9.17) is 10.2 Å². The highest BCUT2D eigenvalue weighted by Crippen LogP contribution is 2.33. The van der Waals surface area contributed by atoms with E-state index < -0.39 is 11.9 Å². The quantitative estimate of drug-likeness (QED) is 0.576. The zero-order valence-corrected chi connectivity index (χ0v) is 14.1. The third kappa shape index (κ3) is 6.41. The zero-order chi connectivity index (χ0) is 18.1. The summed E-state index contributed by atoms with van der Waals surface area (Å²) in [6.07, 6.45) is 7.49. The molecule has 134 valence electrons. The number of carboxylic acid groups (broad SMARTS) is 2. The van der Waals surface area contributed by atoms with Gasteiger partial charge in [0.05, 0.1) is 12.4 Å². The first-order valence-electron chi connectivity index (χ1n) is 8.55. The van der Waals surface area contributed by atoms with E-state index in [0.29, 0.717) is 18.1 Å². The summed E-state index contributed by atoms with van der Waals surface area (Å²) in [5, 5.41) is 19.0. The summed E-state index contributed by atoms with van der Waals surface area (Å²) in [6.45, 7) is 1.99. The van der Waals surface area contributed by atoms with Gasteiger partial charge in [0.25, 0.3) is 0 Å². The molecule has 0 bridgehead atoms. The summed E-state index contributed by atoms with van der Waals surface area (Å²) >= 11 is 0. The maximum absolute atomic E-state index is 9.55. The number of nitrogens with one attached hydrogen (secondary N) is 1. The number of rotatable bonds is 4. The SMILES string of the molecule is O=C(O)/C=C\C(=O)O.c1ccc2c(c1)CCCCC2CC1=NCCN1. The molecular formula is C19H24N2O4. The van der Waals surface area contributed by atoms with Crippen LogP contribution in [0.1, 0.15) is 42.7 Å². The van der Waals surface area contributed by atoms with Gasteiger partial charge in [-0.25, -0.2) is 9.59 Å². The molecule has 1 atom stereocenters. The van der Waals surface area contributed by atoms with Crippen LogP contribution in [0.2, 0.25) is 0 Å². The van der Waals surface area contributed by atoms with Crippen LogP contribution in [0.25, 0.3) is 0 Å². The number of fused-ring (bicyclic) bond motifs is 1. The van der Waals surface area contributed by atoms with Crippen LogP contribution in [0.3, 0.4) is 0 Å². The second-order valence-electron chi connectivity index (χ2n) is 6.11. The molecule has 0 saturated heterocycles. The fraction of sp³-hybridized carbons (Fsp3) is 0.421. The van der Waals surface area contributed by atoms with Gasteiger partial charge in [0.15, 0.2) is 0 Å². The summed E-state index contributed by atoms with van der Waals surface area (Å²) in [6, 6.07) is 8.98. The zero-order valence-electron chi connectivity index (χ0n) is 14.1. The summed E-state index contributed by atoms with van der Waals surface area (Å²) < 4.78 is 0. The van der Waals surface area contributed by atoms with Gasteiger partial charge >= 0.3 is 11.9 Å². The van der Waals surface area contributed by atoms with Crippen molar-refractivity contribution in [2.45, 2.75) is 38.0 Å². The Bertz CT molecular complexity index is 651. The Morgan fingerprint density at radius 3 is 2.52 bits per heavy atom. The maximum Gasteiger partial charge on any atom is 0.328 e. The fourth-order valence-electron chi connectivity index (χ4n) is 3.19. The number of amidine groups is 1. The van der Waals surface area contributed by atoms with Crippen molar-refractivity contribution in [3.8, 4) is 0 Å². The minimum absolute atomic E-state index is 0.558. The minimum atomic E-state index is -1.26. The van der Waals surface area contributed by atoms with Crippen molar-refractivity contribution in [3.63, 3.8) is 0 Å². The highest BCUT2D eigenvalue weighted by molar-refractivity contribution is 5.89. The summed E-state index contributed by atoms with van der Waals surface area (Å²) in [4.78, 5) is 23.6. The van der Waals surface area contributed by atoms with Gasteiger partial charge < -0.3 is 15.5 Å². The van der Waals surface area contributed by atoms with Crippen LogP contribution in [-0.4, -0.2) is 41.1 Å². The maximum atomic E-state index is 9.55. The minimum Gasteiger partial charge on any atom is -0.478 e. The molecule has 1 heterocycles. The number of nitrogens with zero attached hydrogens (tertiary/aromatic N) is 1. The normalized spacial score (nSPS) is 19.0. The first-order chi connectivity index (χ1) is 12.1. The lowest BCUT2D eigenvalue weighted by Gasteiger charge is -2.17. The van der Waals surface area contributed by atoms with Gasteiger partial charge in [-0.1, -0.05) is 30.7 Å². The van der Waals surface area contributed by atoms with Gasteiger partial charge in [-0.15, -0.1) is 0 Å². The van der Waals surface area contributed by atoms with Gasteiger partial charge in [0, 0.05) is 25.1 Å². The van der Waals surface area contributed by atoms with E-state index in [2.05, 4.69) is 34.6 Å². The molecule has 0 saturated carbocycles. The molecule has 3 N–H and O–H groups in total. The van der Waals surface area contributed by atoms with Crippen LogP contribution in [0.15, 0.2) is 41.4 Å². The van der Waals surface area contributed by atoms with E-state index >= 15 is 0 Å². The lowest BCUT2D eigenvalue weighted by atomic mass is 9.89. The molecule has 3 rings (SSSR count). The van der Waals surface area contributed by atoms with Gasteiger partial charge in [-0.3, -0.25) is 4.99 Å². The van der Waals surface area contributed by atoms with Gasteiger partial charge in [0.1, 0.15) is 0 Å². The Kier molecular flexibility index (Phi) is 7.19. The summed E-state index contributed by atoms with van der Waals surface area (Å²) in [7, 11) is 0. The molecule has 1 unspecified atom stereocenters. The molecular weight excluding hydrogens is 320 g/mol. The van der Waals surface area contributed by atoms with Crippen LogP contribution >= 0.6 is 0 Å². The van der Waals surface area contributed by atoms with Gasteiger partial charge in [-0.2, -0.15) is 0 Å². The number of carbonyl (C=O) groups is 2. The molecule has 0 aromatic heterocycles. The van der Waals surface area contributed by atoms with Gasteiger partial charge in [0.2, 0.25) is 0 Å². The lowest BCUT2D eigenvalue weighted by Crippen LogP contribution is -2.21. The molecule has 1 aromatic rings. The smallest absolute Gasteiger partial charge is 0.328 e. The molecule has 0 amide bonds. The standard InChI is InChI=1S/C15H20N2.C4H4O4/c1-2-7-13(11-15-16-9-10-17-15)14-8-4-3-6-12(14)5-1;5-3(6)1-2-4(7)8/h3-4,6,8,13H,1-2,5,7,9-11H2,(H,16,17);1-2H,(H,5,6)(H,7,8)/b;2-1-. The molecule has 1 aliphatic heterocycles. The first kappa shape index (κ1) is 18.7. The molecule has 1 aromatic carbocycles. The summed E-state index contributed by atoms with van der Waals surface area (Å²) in [5.74, 6) is -0.607. The van der Waals surface area contributed by atoms with Crippen LogP contribution < -0.4 is 5.32 Å². The number of aliphatic carboxylic acids is 2. The van der Waals surface area contributed by atoms with E-state index in [1.165, 1.54) is 31.5 Å². The van der Waals surface area contributed by atoms with E-state index in [9.17, 15) is 9.59 Å².